The Bertz CT molecular complexity index is 553. The van der Waals surface area contributed by atoms with Crippen LogP contribution in [0.25, 0.3) is 0 Å². The molecule has 18 heavy (non-hydrogen) atoms. The molecule has 0 saturated carbocycles. The third kappa shape index (κ3) is 3.34. The molecular weight excluding hydrogens is 281 g/mol. The third-order valence-corrected chi connectivity index (χ3v) is 2.76. The predicted octanol–water partition coefficient (Wildman–Crippen LogP) is 4.85. The molecule has 0 aliphatic heterocycles. The van der Waals surface area contributed by atoms with Crippen molar-refractivity contribution in [1.29, 1.82) is 0 Å². The molecule has 0 unspecified atom stereocenters. The minimum Gasteiger partial charge on any atom is -0.487 e. The van der Waals surface area contributed by atoms with E-state index < -0.39 is 11.6 Å². The van der Waals surface area contributed by atoms with Gasteiger partial charge < -0.3 is 4.74 Å². The van der Waals surface area contributed by atoms with Crippen LogP contribution in [0.1, 0.15) is 5.56 Å². The molecule has 2 aromatic carbocycles. The molecule has 0 fully saturated rings. The maximum atomic E-state index is 13.0. The molecule has 94 valence electrons. The van der Waals surface area contributed by atoms with Crippen LogP contribution >= 0.6 is 23.2 Å². The number of halogens is 4. The van der Waals surface area contributed by atoms with Gasteiger partial charge in [-0.25, -0.2) is 8.78 Å². The highest BCUT2D eigenvalue weighted by Gasteiger charge is 2.05. The van der Waals surface area contributed by atoms with Crippen molar-refractivity contribution >= 4 is 23.2 Å². The Hall–Kier alpha value is -1.32. The molecule has 0 saturated heterocycles. The normalized spacial score (nSPS) is 10.4. The van der Waals surface area contributed by atoms with Gasteiger partial charge in [0.25, 0.3) is 0 Å². The second kappa shape index (κ2) is 5.55. The van der Waals surface area contributed by atoms with Crippen molar-refractivity contribution in [2.75, 3.05) is 0 Å². The van der Waals surface area contributed by atoms with E-state index in [0.29, 0.717) is 21.4 Å². The molecule has 0 aliphatic rings. The second-order valence-electron chi connectivity index (χ2n) is 3.64. The van der Waals surface area contributed by atoms with Crippen LogP contribution < -0.4 is 4.74 Å². The van der Waals surface area contributed by atoms with E-state index in [2.05, 4.69) is 0 Å². The van der Waals surface area contributed by atoms with E-state index in [1.54, 1.807) is 18.2 Å². The summed E-state index contributed by atoms with van der Waals surface area (Å²) in [7, 11) is 0. The zero-order valence-electron chi connectivity index (χ0n) is 9.09. The predicted molar refractivity (Wildman–Crippen MR) is 67.2 cm³/mol. The minimum absolute atomic E-state index is 0.00867. The summed E-state index contributed by atoms with van der Waals surface area (Å²) in [4.78, 5) is 0. The van der Waals surface area contributed by atoms with E-state index in [9.17, 15) is 8.78 Å². The van der Waals surface area contributed by atoms with Crippen LogP contribution in [0.4, 0.5) is 8.78 Å². The summed E-state index contributed by atoms with van der Waals surface area (Å²) in [5.41, 5.74) is 0.378. The van der Waals surface area contributed by atoms with Crippen molar-refractivity contribution < 1.29 is 13.5 Å². The largest absolute Gasteiger partial charge is 0.487 e. The average molecular weight is 289 g/mol. The summed E-state index contributed by atoms with van der Waals surface area (Å²) in [6.45, 7) is 0.00867. The first-order valence-corrected chi connectivity index (χ1v) is 5.83. The number of ether oxygens (including phenoxy) is 1. The Morgan fingerprint density at radius 1 is 0.944 bits per heavy atom. The lowest BCUT2D eigenvalue weighted by molar-refractivity contribution is 0.305. The summed E-state index contributed by atoms with van der Waals surface area (Å²) in [5, 5.41) is 0.857. The van der Waals surface area contributed by atoms with Crippen LogP contribution in [0.3, 0.4) is 0 Å². The van der Waals surface area contributed by atoms with Crippen LogP contribution in [0, 0.1) is 11.6 Å². The Balaban J connectivity index is 2.13. The van der Waals surface area contributed by atoms with E-state index in [1.807, 2.05) is 0 Å². The van der Waals surface area contributed by atoms with E-state index in [-0.39, 0.29) is 6.61 Å². The molecule has 0 bridgehead atoms. The third-order valence-electron chi connectivity index (χ3n) is 2.21. The maximum Gasteiger partial charge on any atom is 0.139 e. The van der Waals surface area contributed by atoms with Gasteiger partial charge in [-0.1, -0.05) is 23.2 Å². The lowest BCUT2D eigenvalue weighted by Crippen LogP contribution is -1.97. The molecular formula is C13H8Cl2F2O. The van der Waals surface area contributed by atoms with Gasteiger partial charge in [0, 0.05) is 17.2 Å². The quantitative estimate of drug-likeness (QED) is 0.784. The number of benzene rings is 2. The van der Waals surface area contributed by atoms with Crippen LogP contribution in [-0.2, 0) is 6.61 Å². The topological polar surface area (TPSA) is 9.23 Å². The fraction of sp³-hybridized carbons (Fsp3) is 0.0769. The van der Waals surface area contributed by atoms with Gasteiger partial charge in [-0.15, -0.1) is 0 Å². The van der Waals surface area contributed by atoms with Gasteiger partial charge in [-0.3, -0.25) is 0 Å². The fourth-order valence-electron chi connectivity index (χ4n) is 1.44. The first-order chi connectivity index (χ1) is 8.54. The zero-order chi connectivity index (χ0) is 13.1. The molecule has 2 aromatic rings. The molecule has 5 heteroatoms. The van der Waals surface area contributed by atoms with Gasteiger partial charge in [0.1, 0.15) is 24.0 Å². The molecule has 2 rings (SSSR count). The summed E-state index contributed by atoms with van der Waals surface area (Å²) in [6.07, 6.45) is 0. The number of hydrogen-bond acceptors (Lipinski definition) is 1. The van der Waals surface area contributed by atoms with E-state index >= 15 is 0 Å². The van der Waals surface area contributed by atoms with E-state index in [4.69, 9.17) is 27.9 Å². The van der Waals surface area contributed by atoms with Gasteiger partial charge in [0.15, 0.2) is 0 Å². The smallest absolute Gasteiger partial charge is 0.139 e. The van der Waals surface area contributed by atoms with Gasteiger partial charge in [0.2, 0.25) is 0 Å². The van der Waals surface area contributed by atoms with Crippen LogP contribution in [0.15, 0.2) is 36.4 Å². The van der Waals surface area contributed by atoms with E-state index in [1.165, 1.54) is 12.1 Å². The van der Waals surface area contributed by atoms with Crippen LogP contribution in [0.2, 0.25) is 10.0 Å². The molecule has 0 radical (unpaired) electrons. The van der Waals surface area contributed by atoms with Crippen molar-refractivity contribution in [2.45, 2.75) is 6.61 Å². The highest BCUT2D eigenvalue weighted by atomic mass is 35.5. The average Bonchev–Trinajstić information content (AvgIpc) is 2.29. The molecule has 0 amide bonds. The summed E-state index contributed by atoms with van der Waals surface area (Å²) >= 11 is 11.7. The molecule has 1 nitrogen and oxygen atoms in total. The summed E-state index contributed by atoms with van der Waals surface area (Å²) in [6, 6.07) is 7.95. The monoisotopic (exact) mass is 288 g/mol. The molecule has 0 atom stereocenters. The first kappa shape index (κ1) is 13.1. The lowest BCUT2D eigenvalue weighted by Gasteiger charge is -2.08. The molecule has 0 aliphatic carbocycles. The van der Waals surface area contributed by atoms with Gasteiger partial charge >= 0.3 is 0 Å². The Labute approximate surface area is 113 Å². The molecule has 0 spiro atoms. The second-order valence-corrected chi connectivity index (χ2v) is 4.48. The standard InChI is InChI=1S/C13H8Cl2F2O/c14-9-1-2-12(15)13(5-9)18-7-8-3-10(16)6-11(17)4-8/h1-6H,7H2. The fourth-order valence-corrected chi connectivity index (χ4v) is 1.78. The van der Waals surface area contributed by atoms with Crippen molar-refractivity contribution in [1.82, 2.24) is 0 Å². The zero-order valence-corrected chi connectivity index (χ0v) is 10.6. The van der Waals surface area contributed by atoms with Crippen molar-refractivity contribution in [3.8, 4) is 5.75 Å². The maximum absolute atomic E-state index is 13.0. The van der Waals surface area contributed by atoms with Crippen molar-refractivity contribution in [3.63, 3.8) is 0 Å². The van der Waals surface area contributed by atoms with Crippen LogP contribution in [0.5, 0.6) is 5.75 Å². The lowest BCUT2D eigenvalue weighted by atomic mass is 10.2. The van der Waals surface area contributed by atoms with Gasteiger partial charge in [-0.05, 0) is 29.8 Å². The first-order valence-electron chi connectivity index (χ1n) is 5.07. The van der Waals surface area contributed by atoms with Crippen molar-refractivity contribution in [3.05, 3.63) is 63.6 Å². The molecule has 0 N–H and O–H groups in total. The SMILES string of the molecule is Fc1cc(F)cc(COc2cc(Cl)ccc2Cl)c1. The van der Waals surface area contributed by atoms with Crippen molar-refractivity contribution in [2.24, 2.45) is 0 Å². The Morgan fingerprint density at radius 3 is 2.28 bits per heavy atom. The Kier molecular flexibility index (Phi) is 4.04. The van der Waals surface area contributed by atoms with Crippen LogP contribution in [-0.4, -0.2) is 0 Å². The summed E-state index contributed by atoms with van der Waals surface area (Å²) in [5.74, 6) is -0.926. The summed E-state index contributed by atoms with van der Waals surface area (Å²) < 4.78 is 31.3. The molecule has 0 aromatic heterocycles. The molecule has 0 heterocycles. The number of hydrogen-bond donors (Lipinski definition) is 0. The Morgan fingerprint density at radius 2 is 1.61 bits per heavy atom. The number of rotatable bonds is 3. The van der Waals surface area contributed by atoms with Gasteiger partial charge in [0.05, 0.1) is 5.02 Å². The van der Waals surface area contributed by atoms with E-state index in [0.717, 1.165) is 6.07 Å². The highest BCUT2D eigenvalue weighted by Crippen LogP contribution is 2.28. The minimum atomic E-state index is -0.647. The highest BCUT2D eigenvalue weighted by molar-refractivity contribution is 6.34. The van der Waals surface area contributed by atoms with Gasteiger partial charge in [-0.2, -0.15) is 0 Å².